The number of aryl methyl sites for hydroxylation is 1. The Morgan fingerprint density at radius 1 is 0.955 bits per heavy atom. The highest BCUT2D eigenvalue weighted by Crippen LogP contribution is 2.40. The number of benzene rings is 3. The van der Waals surface area contributed by atoms with Gasteiger partial charge >= 0.3 is 0 Å². The second-order valence-electron chi connectivity index (χ2n) is 11.2. The molecule has 2 amide bonds. The standard InChI is InChI=1S/C33H34N6O5/c34-32(41)30-31(24-9-13-27(14-10-24)44-26-4-2-1-3-5-26)36-38-28(16-19-35-33(30)38)23-17-20-37(21-18-23)29(40)15-8-22-6-11-25(12-7-22)39(42)43/h1-7,9-14,23,28,35H,8,15-21H2,(H2,34,41)/t28-/m0/s1. The molecule has 6 rings (SSSR count). The van der Waals surface area contributed by atoms with Crippen LogP contribution in [0.25, 0.3) is 11.3 Å². The molecule has 2 aliphatic rings. The van der Waals surface area contributed by atoms with Gasteiger partial charge in [0.25, 0.3) is 11.6 Å². The van der Waals surface area contributed by atoms with Crippen molar-refractivity contribution >= 4 is 23.3 Å². The van der Waals surface area contributed by atoms with Gasteiger partial charge in [0.1, 0.15) is 28.6 Å². The molecule has 3 aromatic carbocycles. The molecule has 3 heterocycles. The van der Waals surface area contributed by atoms with E-state index in [9.17, 15) is 19.7 Å². The summed E-state index contributed by atoms with van der Waals surface area (Å²) in [6.45, 7) is 2.01. The third-order valence-corrected chi connectivity index (χ3v) is 8.52. The third-order valence-electron chi connectivity index (χ3n) is 8.52. The third kappa shape index (κ3) is 6.12. The molecule has 3 N–H and O–H groups in total. The van der Waals surface area contributed by atoms with E-state index in [-0.39, 0.29) is 17.6 Å². The maximum atomic E-state index is 13.0. The quantitative estimate of drug-likeness (QED) is 0.190. The number of nitrogens with zero attached hydrogens (tertiary/aromatic N) is 4. The number of ether oxygens (including phenoxy) is 1. The minimum atomic E-state index is -0.535. The molecule has 0 spiro atoms. The van der Waals surface area contributed by atoms with Crippen LogP contribution < -0.4 is 15.8 Å². The number of hydrogen-bond donors (Lipinski definition) is 2. The SMILES string of the molecule is NC(=O)c1c(-c2ccc(Oc3ccccc3)cc2)nn2c1NCC[C@H]2C1CCN(C(=O)CCc2ccc([N+](=O)[O-])cc2)CC1. The van der Waals surface area contributed by atoms with Crippen LogP contribution in [0.15, 0.2) is 78.9 Å². The van der Waals surface area contributed by atoms with Crippen molar-refractivity contribution in [2.75, 3.05) is 25.0 Å². The van der Waals surface area contributed by atoms with Gasteiger partial charge in [0, 0.05) is 43.8 Å². The summed E-state index contributed by atoms with van der Waals surface area (Å²) in [7, 11) is 0. The molecule has 11 heteroatoms. The van der Waals surface area contributed by atoms with Crippen LogP contribution in [0.4, 0.5) is 11.5 Å². The number of carbonyl (C=O) groups excluding carboxylic acids is 2. The van der Waals surface area contributed by atoms with E-state index >= 15 is 0 Å². The van der Waals surface area contributed by atoms with Crippen molar-refractivity contribution < 1.29 is 19.2 Å². The fraction of sp³-hybridized carbons (Fsp3) is 0.303. The number of likely N-dealkylation sites (tertiary alicyclic amines) is 1. The number of fused-ring (bicyclic) bond motifs is 1. The van der Waals surface area contributed by atoms with Crippen LogP contribution in [0, 0.1) is 16.0 Å². The van der Waals surface area contributed by atoms with Gasteiger partial charge in [-0.1, -0.05) is 30.3 Å². The lowest BCUT2D eigenvalue weighted by atomic mass is 9.86. The number of aromatic nitrogens is 2. The number of non-ortho nitro benzene ring substituents is 1. The number of para-hydroxylation sites is 1. The lowest BCUT2D eigenvalue weighted by molar-refractivity contribution is -0.384. The van der Waals surface area contributed by atoms with Gasteiger partial charge in [-0.3, -0.25) is 19.7 Å². The zero-order chi connectivity index (χ0) is 30.6. The van der Waals surface area contributed by atoms with Crippen molar-refractivity contribution in [1.29, 1.82) is 0 Å². The first-order chi connectivity index (χ1) is 21.4. The first-order valence-electron chi connectivity index (χ1n) is 14.9. The fourth-order valence-corrected chi connectivity index (χ4v) is 6.21. The number of nitro benzene ring substituents is 1. The summed E-state index contributed by atoms with van der Waals surface area (Å²) in [5.41, 5.74) is 8.53. The summed E-state index contributed by atoms with van der Waals surface area (Å²) in [6.07, 6.45) is 3.42. The monoisotopic (exact) mass is 594 g/mol. The molecule has 0 saturated carbocycles. The number of nitro groups is 1. The minimum Gasteiger partial charge on any atom is -0.457 e. The molecular weight excluding hydrogens is 560 g/mol. The average Bonchev–Trinajstić information content (AvgIpc) is 3.45. The smallest absolute Gasteiger partial charge is 0.269 e. The lowest BCUT2D eigenvalue weighted by Crippen LogP contribution is -2.41. The van der Waals surface area contributed by atoms with E-state index in [2.05, 4.69) is 5.32 Å². The van der Waals surface area contributed by atoms with Gasteiger partial charge in [0.15, 0.2) is 0 Å². The molecule has 44 heavy (non-hydrogen) atoms. The van der Waals surface area contributed by atoms with Crippen molar-refractivity contribution in [3.05, 3.63) is 100 Å². The number of anilines is 1. The van der Waals surface area contributed by atoms with Crippen LogP contribution in [0.1, 0.15) is 47.6 Å². The molecule has 1 saturated heterocycles. The van der Waals surface area contributed by atoms with Gasteiger partial charge in [-0.05, 0) is 73.6 Å². The summed E-state index contributed by atoms with van der Waals surface area (Å²) < 4.78 is 7.85. The first kappa shape index (κ1) is 28.9. The second kappa shape index (κ2) is 12.6. The number of carbonyl (C=O) groups is 2. The van der Waals surface area contributed by atoms with E-state index in [4.69, 9.17) is 15.6 Å². The van der Waals surface area contributed by atoms with Crippen molar-refractivity contribution in [3.8, 4) is 22.8 Å². The van der Waals surface area contributed by atoms with Crippen LogP contribution in [0.5, 0.6) is 11.5 Å². The number of hydrogen-bond acceptors (Lipinski definition) is 7. The van der Waals surface area contributed by atoms with Crippen molar-refractivity contribution in [1.82, 2.24) is 14.7 Å². The topological polar surface area (TPSA) is 146 Å². The maximum absolute atomic E-state index is 13.0. The van der Waals surface area contributed by atoms with Crippen LogP contribution in [0.3, 0.4) is 0 Å². The van der Waals surface area contributed by atoms with Gasteiger partial charge in [0.05, 0.1) is 11.0 Å². The van der Waals surface area contributed by atoms with E-state index in [1.54, 1.807) is 12.1 Å². The molecule has 226 valence electrons. The first-order valence-corrected chi connectivity index (χ1v) is 14.9. The minimum absolute atomic E-state index is 0.0433. The highest BCUT2D eigenvalue weighted by molar-refractivity contribution is 6.03. The number of nitrogens with two attached hydrogens (primary N) is 1. The highest BCUT2D eigenvalue weighted by atomic mass is 16.6. The molecule has 1 aromatic heterocycles. The van der Waals surface area contributed by atoms with Crippen molar-refractivity contribution in [2.45, 2.75) is 38.1 Å². The normalized spacial score (nSPS) is 16.5. The Labute approximate surface area is 254 Å². The predicted octanol–water partition coefficient (Wildman–Crippen LogP) is 5.58. The lowest BCUT2D eigenvalue weighted by Gasteiger charge is -2.38. The molecule has 0 aliphatic carbocycles. The van der Waals surface area contributed by atoms with Crippen molar-refractivity contribution in [2.24, 2.45) is 11.7 Å². The van der Waals surface area contributed by atoms with Gasteiger partial charge < -0.3 is 20.7 Å². The number of amides is 2. The fourth-order valence-electron chi connectivity index (χ4n) is 6.21. The van der Waals surface area contributed by atoms with Gasteiger partial charge in [0.2, 0.25) is 5.91 Å². The summed E-state index contributed by atoms with van der Waals surface area (Å²) >= 11 is 0. The molecule has 1 fully saturated rings. The summed E-state index contributed by atoms with van der Waals surface area (Å²) in [5.74, 6) is 1.91. The molecule has 0 bridgehead atoms. The second-order valence-corrected chi connectivity index (χ2v) is 11.2. The largest absolute Gasteiger partial charge is 0.457 e. The van der Waals surface area contributed by atoms with Crippen LogP contribution in [-0.4, -0.2) is 51.1 Å². The predicted molar refractivity (Wildman–Crippen MR) is 166 cm³/mol. The molecular formula is C33H34N6O5. The Morgan fingerprint density at radius 3 is 2.30 bits per heavy atom. The van der Waals surface area contributed by atoms with Gasteiger partial charge in [-0.2, -0.15) is 5.10 Å². The van der Waals surface area contributed by atoms with E-state index in [0.717, 1.165) is 36.1 Å². The Morgan fingerprint density at radius 2 is 1.64 bits per heavy atom. The Balaban J connectivity index is 1.12. The Bertz CT molecular complexity index is 1640. The number of primary amides is 1. The molecule has 0 unspecified atom stereocenters. The van der Waals surface area contributed by atoms with Crippen molar-refractivity contribution in [3.63, 3.8) is 0 Å². The molecule has 11 nitrogen and oxygen atoms in total. The van der Waals surface area contributed by atoms with Crippen LogP contribution in [0.2, 0.25) is 0 Å². The maximum Gasteiger partial charge on any atom is 0.269 e. The zero-order valence-electron chi connectivity index (χ0n) is 24.2. The summed E-state index contributed by atoms with van der Waals surface area (Å²) in [4.78, 5) is 38.0. The van der Waals surface area contributed by atoms with E-state index in [1.165, 1.54) is 12.1 Å². The molecule has 2 aliphatic heterocycles. The molecule has 0 radical (unpaired) electrons. The Hall–Kier alpha value is -5.19. The number of piperidine rings is 1. The summed E-state index contributed by atoms with van der Waals surface area (Å²) in [5, 5.41) is 19.2. The molecule has 1 atom stereocenters. The number of rotatable bonds is 9. The average molecular weight is 595 g/mol. The Kier molecular flexibility index (Phi) is 8.27. The number of nitrogens with one attached hydrogen (secondary N) is 1. The van der Waals surface area contributed by atoms with E-state index < -0.39 is 10.8 Å². The highest BCUT2D eigenvalue weighted by Gasteiger charge is 2.36. The summed E-state index contributed by atoms with van der Waals surface area (Å²) in [6, 6.07) is 23.4. The van der Waals surface area contributed by atoms with Crippen LogP contribution in [-0.2, 0) is 11.2 Å². The molecule has 4 aromatic rings. The van der Waals surface area contributed by atoms with Gasteiger partial charge in [-0.25, -0.2) is 4.68 Å². The van der Waals surface area contributed by atoms with E-state index in [1.807, 2.05) is 64.2 Å². The van der Waals surface area contributed by atoms with E-state index in [0.29, 0.717) is 61.2 Å². The van der Waals surface area contributed by atoms with Gasteiger partial charge in [-0.15, -0.1) is 0 Å². The zero-order valence-corrected chi connectivity index (χ0v) is 24.2. The van der Waals surface area contributed by atoms with Crippen LogP contribution >= 0.6 is 0 Å².